The van der Waals surface area contributed by atoms with E-state index in [0.29, 0.717) is 30.0 Å². The molecule has 1 aromatic carbocycles. The number of hydrogen-bond acceptors (Lipinski definition) is 5. The lowest BCUT2D eigenvalue weighted by atomic mass is 9.81. The fraction of sp³-hybridized carbons (Fsp3) is 0.552. The summed E-state index contributed by atoms with van der Waals surface area (Å²) in [7, 11) is 1.85. The van der Waals surface area contributed by atoms with E-state index in [2.05, 4.69) is 26.7 Å². The minimum atomic E-state index is -0.924. The molecule has 3 heterocycles. The van der Waals surface area contributed by atoms with Crippen molar-refractivity contribution in [1.82, 2.24) is 19.4 Å². The second kappa shape index (κ2) is 10.6. The summed E-state index contributed by atoms with van der Waals surface area (Å²) in [4.78, 5) is 8.82. The zero-order chi connectivity index (χ0) is 25.4. The van der Waals surface area contributed by atoms with Gasteiger partial charge in [-0.15, -0.1) is 0 Å². The molecule has 1 saturated carbocycles. The van der Waals surface area contributed by atoms with Gasteiger partial charge >= 0.3 is 0 Å². The number of likely N-dealkylation sites (tertiary alicyclic amines) is 1. The van der Waals surface area contributed by atoms with Gasteiger partial charge in [-0.1, -0.05) is 0 Å². The topological polar surface area (TPSA) is 64.8 Å². The molecule has 2 atom stereocenters. The summed E-state index contributed by atoms with van der Waals surface area (Å²) in [5.41, 5.74) is 3.62. The molecule has 1 aliphatic carbocycles. The van der Waals surface area contributed by atoms with Crippen molar-refractivity contribution in [3.63, 3.8) is 0 Å². The van der Waals surface area contributed by atoms with Crippen LogP contribution in [-0.2, 0) is 0 Å². The SMILES string of the molecule is CC(C)N(C)C(O)c1cc(F)ccc1-n1cc([C@H]2CC[C@H](N3CCC(CO)C3)CC2)c2ccncc21. The van der Waals surface area contributed by atoms with E-state index in [1.54, 1.807) is 6.07 Å². The Bertz CT molecular complexity index is 1190. The average molecular weight is 495 g/mol. The Hall–Kier alpha value is -2.32. The molecule has 6 nitrogen and oxygen atoms in total. The summed E-state index contributed by atoms with van der Waals surface area (Å²) in [6, 6.07) is 7.47. The Morgan fingerprint density at radius 1 is 1.14 bits per heavy atom. The maximum atomic E-state index is 14.3. The standard InChI is InChI=1S/C29H39FN4O2/c1-19(2)32(3)29(36)25-14-22(30)6-9-27(25)34-17-26(24-10-12-31-15-28(24)34)21-4-7-23(8-5-21)33-13-11-20(16-33)18-35/h6,9-10,12,14-15,17,19-21,23,29,35-36H,4-5,7-8,11,13,16,18H2,1-3H3/t20?,21-,23-,29?. The van der Waals surface area contributed by atoms with E-state index < -0.39 is 6.23 Å². The van der Waals surface area contributed by atoms with Crippen LogP contribution in [0.3, 0.4) is 0 Å². The zero-order valence-electron chi connectivity index (χ0n) is 21.6. The van der Waals surface area contributed by atoms with Crippen molar-refractivity contribution in [1.29, 1.82) is 0 Å². The van der Waals surface area contributed by atoms with Crippen LogP contribution in [0.4, 0.5) is 4.39 Å². The molecule has 194 valence electrons. The van der Waals surface area contributed by atoms with Gasteiger partial charge in [-0.25, -0.2) is 4.39 Å². The lowest BCUT2D eigenvalue weighted by molar-refractivity contribution is 0.000853. The van der Waals surface area contributed by atoms with Gasteiger partial charge in [-0.2, -0.15) is 0 Å². The number of aromatic nitrogens is 2. The Labute approximate surface area is 213 Å². The van der Waals surface area contributed by atoms with Crippen LogP contribution in [0.5, 0.6) is 0 Å². The summed E-state index contributed by atoms with van der Waals surface area (Å²) in [5, 5.41) is 21.8. The first-order chi connectivity index (χ1) is 17.4. The summed E-state index contributed by atoms with van der Waals surface area (Å²) < 4.78 is 16.4. The van der Waals surface area contributed by atoms with E-state index in [4.69, 9.17) is 0 Å². The van der Waals surface area contributed by atoms with E-state index in [9.17, 15) is 14.6 Å². The van der Waals surface area contributed by atoms with Crippen LogP contribution in [-0.4, -0.2) is 68.4 Å². The Morgan fingerprint density at radius 2 is 1.92 bits per heavy atom. The van der Waals surface area contributed by atoms with Crippen LogP contribution >= 0.6 is 0 Å². The van der Waals surface area contributed by atoms with Gasteiger partial charge in [-0.3, -0.25) is 9.88 Å². The zero-order valence-corrected chi connectivity index (χ0v) is 21.6. The van der Waals surface area contributed by atoms with Crippen molar-refractivity contribution in [2.45, 2.75) is 70.2 Å². The molecular weight excluding hydrogens is 455 g/mol. The number of rotatable bonds is 7. The van der Waals surface area contributed by atoms with Crippen molar-refractivity contribution >= 4 is 10.9 Å². The molecule has 7 heteroatoms. The lowest BCUT2D eigenvalue weighted by Gasteiger charge is -2.34. The first kappa shape index (κ1) is 25.3. The molecule has 1 saturated heterocycles. The van der Waals surface area contributed by atoms with E-state index in [1.807, 2.05) is 38.2 Å². The molecule has 1 aliphatic heterocycles. The molecule has 2 aliphatic rings. The van der Waals surface area contributed by atoms with Crippen LogP contribution in [0.1, 0.15) is 69.2 Å². The molecule has 0 amide bonds. The quantitative estimate of drug-likeness (QED) is 0.461. The van der Waals surface area contributed by atoms with Gasteiger partial charge in [0.25, 0.3) is 0 Å². The van der Waals surface area contributed by atoms with Gasteiger partial charge in [0.05, 0.1) is 17.4 Å². The number of aliphatic hydroxyl groups excluding tert-OH is 2. The van der Waals surface area contributed by atoms with Gasteiger partial charge < -0.3 is 19.7 Å². The minimum Gasteiger partial charge on any atom is -0.396 e. The normalized spacial score (nSPS) is 24.3. The van der Waals surface area contributed by atoms with E-state index >= 15 is 0 Å². The van der Waals surface area contributed by atoms with Crippen molar-refractivity contribution in [2.24, 2.45) is 5.92 Å². The Kier molecular flexibility index (Phi) is 7.45. The average Bonchev–Trinajstić information content (AvgIpc) is 3.53. The van der Waals surface area contributed by atoms with Crippen molar-refractivity contribution in [2.75, 3.05) is 26.7 Å². The van der Waals surface area contributed by atoms with Crippen molar-refractivity contribution < 1.29 is 14.6 Å². The number of nitrogens with zero attached hydrogens (tertiary/aromatic N) is 4. The predicted octanol–water partition coefficient (Wildman–Crippen LogP) is 4.84. The molecular formula is C29H39FN4O2. The number of fused-ring (bicyclic) bond motifs is 1. The number of hydrogen-bond donors (Lipinski definition) is 2. The van der Waals surface area contributed by atoms with Gasteiger partial charge in [0, 0.05) is 48.6 Å². The van der Waals surface area contributed by atoms with Crippen LogP contribution in [0.2, 0.25) is 0 Å². The number of halogens is 1. The lowest BCUT2D eigenvalue weighted by Crippen LogP contribution is -2.36. The highest BCUT2D eigenvalue weighted by molar-refractivity contribution is 5.85. The Balaban J connectivity index is 1.45. The predicted molar refractivity (Wildman–Crippen MR) is 141 cm³/mol. The Morgan fingerprint density at radius 3 is 2.61 bits per heavy atom. The molecule has 36 heavy (non-hydrogen) atoms. The molecule has 3 aromatic rings. The maximum Gasteiger partial charge on any atom is 0.135 e. The molecule has 5 rings (SSSR count). The van der Waals surface area contributed by atoms with E-state index in [0.717, 1.165) is 43.6 Å². The smallest absolute Gasteiger partial charge is 0.135 e. The van der Waals surface area contributed by atoms with Crippen LogP contribution in [0.25, 0.3) is 16.6 Å². The molecule has 2 fully saturated rings. The van der Waals surface area contributed by atoms with Gasteiger partial charge in [0.2, 0.25) is 0 Å². The summed E-state index contributed by atoms with van der Waals surface area (Å²) in [6.07, 6.45) is 10.7. The number of pyridine rings is 1. The minimum absolute atomic E-state index is 0.105. The highest BCUT2D eigenvalue weighted by Crippen LogP contribution is 2.41. The monoisotopic (exact) mass is 494 g/mol. The van der Waals surface area contributed by atoms with Crippen LogP contribution in [0.15, 0.2) is 42.9 Å². The second-order valence-corrected chi connectivity index (χ2v) is 11.0. The number of aliphatic hydroxyl groups is 2. The highest BCUT2D eigenvalue weighted by atomic mass is 19.1. The van der Waals surface area contributed by atoms with Crippen molar-refractivity contribution in [3.8, 4) is 5.69 Å². The molecule has 2 unspecified atom stereocenters. The maximum absolute atomic E-state index is 14.3. The van der Waals surface area contributed by atoms with Gasteiger partial charge in [0.15, 0.2) is 0 Å². The fourth-order valence-electron chi connectivity index (χ4n) is 6.17. The van der Waals surface area contributed by atoms with Crippen LogP contribution in [0, 0.1) is 11.7 Å². The third kappa shape index (κ3) is 4.82. The molecule has 0 spiro atoms. The molecule has 2 N–H and O–H groups in total. The summed E-state index contributed by atoms with van der Waals surface area (Å²) >= 11 is 0. The van der Waals surface area contributed by atoms with Crippen molar-refractivity contribution in [3.05, 3.63) is 59.8 Å². The number of benzene rings is 1. The highest BCUT2D eigenvalue weighted by Gasteiger charge is 2.32. The molecule has 0 radical (unpaired) electrons. The van der Waals surface area contributed by atoms with E-state index in [-0.39, 0.29) is 11.9 Å². The third-order valence-electron chi connectivity index (χ3n) is 8.59. The second-order valence-electron chi connectivity index (χ2n) is 11.0. The summed E-state index contributed by atoms with van der Waals surface area (Å²) in [5.74, 6) is 0.530. The molecule has 0 bridgehead atoms. The largest absolute Gasteiger partial charge is 0.396 e. The first-order valence-electron chi connectivity index (χ1n) is 13.4. The van der Waals surface area contributed by atoms with Crippen LogP contribution < -0.4 is 0 Å². The van der Waals surface area contributed by atoms with E-state index in [1.165, 1.54) is 35.9 Å². The fourth-order valence-corrected chi connectivity index (χ4v) is 6.17. The summed E-state index contributed by atoms with van der Waals surface area (Å²) in [6.45, 7) is 6.45. The first-order valence-corrected chi connectivity index (χ1v) is 13.4. The van der Waals surface area contributed by atoms with Gasteiger partial charge in [-0.05, 0) is 101 Å². The van der Waals surface area contributed by atoms with Gasteiger partial charge in [0.1, 0.15) is 12.0 Å². The third-order valence-corrected chi connectivity index (χ3v) is 8.59. The molecule has 2 aromatic heterocycles.